The average Bonchev–Trinajstić information content (AvgIpc) is 2.92. The lowest BCUT2D eigenvalue weighted by molar-refractivity contribution is -0.262. The van der Waals surface area contributed by atoms with Crippen molar-refractivity contribution < 1.29 is 19.2 Å². The Labute approximate surface area is 137 Å². The number of aliphatic hydroxyl groups is 1. The van der Waals surface area contributed by atoms with Gasteiger partial charge in [-0.15, -0.1) is 5.06 Å². The lowest BCUT2D eigenvalue weighted by Gasteiger charge is -2.50. The Hall–Kier alpha value is -1.59. The van der Waals surface area contributed by atoms with E-state index in [2.05, 4.69) is 27.7 Å². The summed E-state index contributed by atoms with van der Waals surface area (Å²) in [5.74, 6) is -0.0329. The number of hydrogen-bond acceptors (Lipinski definition) is 5. The van der Waals surface area contributed by atoms with Gasteiger partial charge in [0.05, 0.1) is 29.0 Å². The summed E-state index contributed by atoms with van der Waals surface area (Å²) in [5, 5.41) is 11.7. The molecule has 2 rings (SSSR count). The van der Waals surface area contributed by atoms with Crippen LogP contribution in [0.15, 0.2) is 28.4 Å². The molecular weight excluding hydrogens is 294 g/mol. The van der Waals surface area contributed by atoms with Crippen molar-refractivity contribution in [2.75, 3.05) is 0 Å². The molecule has 1 saturated heterocycles. The minimum atomic E-state index is -0.941. The van der Waals surface area contributed by atoms with E-state index in [1.165, 1.54) is 12.3 Å². The van der Waals surface area contributed by atoms with E-state index in [9.17, 15) is 9.90 Å². The summed E-state index contributed by atoms with van der Waals surface area (Å²) in [7, 11) is 0. The Kier molecular flexibility index (Phi) is 5.01. The third kappa shape index (κ3) is 4.03. The molecule has 1 aliphatic rings. The summed E-state index contributed by atoms with van der Waals surface area (Å²) in [5.41, 5.74) is -0.310. The van der Waals surface area contributed by atoms with Crippen molar-refractivity contribution in [3.63, 3.8) is 0 Å². The van der Waals surface area contributed by atoms with Crippen LogP contribution in [0.2, 0.25) is 0 Å². The van der Waals surface area contributed by atoms with E-state index in [1.807, 2.05) is 0 Å². The number of hydroxylamine groups is 2. The predicted molar refractivity (Wildman–Crippen MR) is 88.3 cm³/mol. The zero-order valence-electron chi connectivity index (χ0n) is 14.6. The van der Waals surface area contributed by atoms with E-state index in [0.29, 0.717) is 5.76 Å². The molecule has 1 atom stereocenters. The van der Waals surface area contributed by atoms with Crippen LogP contribution in [0.1, 0.15) is 59.6 Å². The Morgan fingerprint density at radius 3 is 2.43 bits per heavy atom. The Balaban J connectivity index is 2.24. The number of piperidine rings is 1. The Bertz CT molecular complexity index is 554. The SMILES string of the molecule is CC(O)/C(=C\c1ccco1)C(=O)ON1C(C)(C)CCCC1(C)C. The van der Waals surface area contributed by atoms with Crippen LogP contribution in [0, 0.1) is 0 Å². The van der Waals surface area contributed by atoms with Gasteiger partial charge in [0.2, 0.25) is 0 Å². The molecule has 0 spiro atoms. The summed E-state index contributed by atoms with van der Waals surface area (Å²) in [6.07, 6.45) is 5.11. The number of carbonyl (C=O) groups is 1. The fraction of sp³-hybridized carbons (Fsp3) is 0.611. The quantitative estimate of drug-likeness (QED) is 0.859. The molecule has 1 unspecified atom stereocenters. The summed E-state index contributed by atoms with van der Waals surface area (Å²) >= 11 is 0. The number of aliphatic hydroxyl groups excluding tert-OH is 1. The largest absolute Gasteiger partial charge is 0.465 e. The monoisotopic (exact) mass is 321 g/mol. The molecule has 1 aromatic rings. The molecule has 0 bridgehead atoms. The zero-order valence-corrected chi connectivity index (χ0v) is 14.6. The fourth-order valence-electron chi connectivity index (χ4n) is 3.24. The topological polar surface area (TPSA) is 62.9 Å². The lowest BCUT2D eigenvalue weighted by Crippen LogP contribution is -2.59. The smallest absolute Gasteiger partial charge is 0.355 e. The molecule has 5 heteroatoms. The molecule has 23 heavy (non-hydrogen) atoms. The average molecular weight is 321 g/mol. The molecule has 1 fully saturated rings. The molecular formula is C18H27NO4. The van der Waals surface area contributed by atoms with E-state index < -0.39 is 12.1 Å². The second kappa shape index (κ2) is 6.49. The van der Waals surface area contributed by atoms with Crippen molar-refractivity contribution in [3.05, 3.63) is 29.7 Å². The molecule has 2 heterocycles. The van der Waals surface area contributed by atoms with Crippen LogP contribution >= 0.6 is 0 Å². The van der Waals surface area contributed by atoms with E-state index in [4.69, 9.17) is 9.25 Å². The van der Waals surface area contributed by atoms with Crippen LogP contribution in [-0.4, -0.2) is 33.3 Å². The maximum atomic E-state index is 12.6. The standard InChI is InChI=1S/C18H27NO4/c1-13(20)15(12-14-8-6-11-22-14)16(21)23-19-17(2,3)9-7-10-18(19,4)5/h6,8,11-13,20H,7,9-10H2,1-5H3/b15-12+. The number of nitrogens with zero attached hydrogens (tertiary/aromatic N) is 1. The third-order valence-corrected chi connectivity index (χ3v) is 4.38. The van der Waals surface area contributed by atoms with Crippen molar-refractivity contribution in [1.82, 2.24) is 5.06 Å². The van der Waals surface area contributed by atoms with Crippen LogP contribution in [0.5, 0.6) is 0 Å². The highest BCUT2D eigenvalue weighted by molar-refractivity contribution is 5.94. The lowest BCUT2D eigenvalue weighted by atomic mass is 9.82. The van der Waals surface area contributed by atoms with Gasteiger partial charge in [-0.2, -0.15) is 0 Å². The van der Waals surface area contributed by atoms with E-state index >= 15 is 0 Å². The van der Waals surface area contributed by atoms with Gasteiger partial charge in [0.1, 0.15) is 5.76 Å². The van der Waals surface area contributed by atoms with Gasteiger partial charge in [0.25, 0.3) is 0 Å². The molecule has 1 N–H and O–H groups in total. The molecule has 5 nitrogen and oxygen atoms in total. The highest BCUT2D eigenvalue weighted by Crippen LogP contribution is 2.38. The summed E-state index contributed by atoms with van der Waals surface area (Å²) in [4.78, 5) is 18.3. The Morgan fingerprint density at radius 1 is 1.35 bits per heavy atom. The van der Waals surface area contributed by atoms with Crippen LogP contribution in [0.4, 0.5) is 0 Å². The highest BCUT2D eigenvalue weighted by atomic mass is 16.7. The summed E-state index contributed by atoms with van der Waals surface area (Å²) < 4.78 is 5.23. The zero-order chi connectivity index (χ0) is 17.3. The van der Waals surface area contributed by atoms with Gasteiger partial charge >= 0.3 is 5.97 Å². The van der Waals surface area contributed by atoms with Gasteiger partial charge in [-0.05, 0) is 72.1 Å². The number of rotatable bonds is 4. The first-order chi connectivity index (χ1) is 10.6. The van der Waals surface area contributed by atoms with Crippen molar-refractivity contribution >= 4 is 12.0 Å². The van der Waals surface area contributed by atoms with Crippen LogP contribution < -0.4 is 0 Å². The molecule has 0 saturated carbocycles. The number of carbonyl (C=O) groups excluding carboxylic acids is 1. The second-order valence-electron chi connectivity index (χ2n) is 7.44. The molecule has 128 valence electrons. The van der Waals surface area contributed by atoms with Crippen LogP contribution in [0.25, 0.3) is 6.08 Å². The maximum Gasteiger partial charge on any atom is 0.355 e. The Morgan fingerprint density at radius 2 is 1.96 bits per heavy atom. The van der Waals surface area contributed by atoms with Crippen molar-refractivity contribution in [3.8, 4) is 0 Å². The van der Waals surface area contributed by atoms with E-state index in [-0.39, 0.29) is 16.7 Å². The molecule has 0 radical (unpaired) electrons. The second-order valence-corrected chi connectivity index (χ2v) is 7.44. The highest BCUT2D eigenvalue weighted by Gasteiger charge is 2.44. The minimum absolute atomic E-state index is 0.178. The number of hydrogen-bond donors (Lipinski definition) is 1. The van der Waals surface area contributed by atoms with Crippen LogP contribution in [-0.2, 0) is 9.63 Å². The normalized spacial score (nSPS) is 22.6. The van der Waals surface area contributed by atoms with E-state index in [0.717, 1.165) is 19.3 Å². The van der Waals surface area contributed by atoms with E-state index in [1.54, 1.807) is 24.1 Å². The van der Waals surface area contributed by atoms with Crippen molar-refractivity contribution in [1.29, 1.82) is 0 Å². The molecule has 1 aromatic heterocycles. The van der Waals surface area contributed by atoms with Gasteiger partial charge in [-0.25, -0.2) is 4.79 Å². The molecule has 1 aliphatic heterocycles. The van der Waals surface area contributed by atoms with Crippen molar-refractivity contribution in [2.24, 2.45) is 0 Å². The number of furan rings is 1. The van der Waals surface area contributed by atoms with Gasteiger partial charge in [-0.3, -0.25) is 0 Å². The molecule has 0 amide bonds. The fourth-order valence-corrected chi connectivity index (χ4v) is 3.24. The predicted octanol–water partition coefficient (Wildman–Crippen LogP) is 3.55. The van der Waals surface area contributed by atoms with Crippen molar-refractivity contribution in [2.45, 2.75) is 71.1 Å². The summed E-state index contributed by atoms with van der Waals surface area (Å²) in [6.45, 7) is 9.82. The first-order valence-electron chi connectivity index (χ1n) is 8.09. The van der Waals surface area contributed by atoms with Gasteiger partial charge in [-0.1, -0.05) is 0 Å². The minimum Gasteiger partial charge on any atom is -0.465 e. The molecule has 0 aromatic carbocycles. The van der Waals surface area contributed by atoms with Gasteiger partial charge in [0.15, 0.2) is 0 Å². The third-order valence-electron chi connectivity index (χ3n) is 4.38. The van der Waals surface area contributed by atoms with Gasteiger partial charge in [0, 0.05) is 0 Å². The maximum absolute atomic E-state index is 12.6. The first kappa shape index (κ1) is 17.8. The molecule has 0 aliphatic carbocycles. The summed E-state index contributed by atoms with van der Waals surface area (Å²) in [6, 6.07) is 3.46. The van der Waals surface area contributed by atoms with Crippen LogP contribution in [0.3, 0.4) is 0 Å². The van der Waals surface area contributed by atoms with Gasteiger partial charge < -0.3 is 14.4 Å². The first-order valence-corrected chi connectivity index (χ1v) is 8.09.